The second-order valence-electron chi connectivity index (χ2n) is 2.71. The summed E-state index contributed by atoms with van der Waals surface area (Å²) in [6.45, 7) is 8.89. The van der Waals surface area contributed by atoms with Crippen LogP contribution in [0.1, 0.15) is 34.1 Å². The minimum atomic E-state index is -0.222. The van der Waals surface area contributed by atoms with Crippen molar-refractivity contribution in [3.63, 3.8) is 0 Å². The molecule has 0 heterocycles. The molecule has 13 heavy (non-hydrogen) atoms. The Bertz CT molecular complexity index is 197. The Kier molecular flexibility index (Phi) is 6.02. The number of carbonyl (C=O) groups is 1. The third kappa shape index (κ3) is 3.97. The number of nitrogens with one attached hydrogen (secondary N) is 1. The van der Waals surface area contributed by atoms with Crippen molar-refractivity contribution in [3.05, 3.63) is 11.3 Å². The summed E-state index contributed by atoms with van der Waals surface area (Å²) >= 11 is 0. The van der Waals surface area contributed by atoms with Crippen LogP contribution in [0.2, 0.25) is 0 Å². The Labute approximate surface area is 80.2 Å². The second kappa shape index (κ2) is 6.52. The summed E-state index contributed by atoms with van der Waals surface area (Å²) in [5.74, 6) is -0.222. The Balaban J connectivity index is 4.43. The average Bonchev–Trinajstić information content (AvgIpc) is 2.13. The van der Waals surface area contributed by atoms with Gasteiger partial charge in [-0.15, -0.1) is 0 Å². The van der Waals surface area contributed by atoms with Crippen LogP contribution in [-0.2, 0) is 9.53 Å². The van der Waals surface area contributed by atoms with Crippen molar-refractivity contribution in [1.29, 1.82) is 0 Å². The van der Waals surface area contributed by atoms with E-state index in [-0.39, 0.29) is 5.97 Å². The summed E-state index contributed by atoms with van der Waals surface area (Å²) in [5, 5.41) is 3.15. The van der Waals surface area contributed by atoms with Crippen molar-refractivity contribution in [1.82, 2.24) is 5.32 Å². The monoisotopic (exact) mass is 185 g/mol. The first kappa shape index (κ1) is 12.0. The van der Waals surface area contributed by atoms with E-state index >= 15 is 0 Å². The molecule has 0 aliphatic carbocycles. The third-order valence-electron chi connectivity index (χ3n) is 1.78. The van der Waals surface area contributed by atoms with Crippen LogP contribution in [0.5, 0.6) is 0 Å². The fourth-order valence-corrected chi connectivity index (χ4v) is 1.10. The van der Waals surface area contributed by atoms with Crippen LogP contribution in [0.3, 0.4) is 0 Å². The molecule has 0 saturated carbocycles. The first-order chi connectivity index (χ1) is 6.17. The number of allylic oxidation sites excluding steroid dienone is 1. The van der Waals surface area contributed by atoms with Crippen molar-refractivity contribution >= 4 is 5.97 Å². The van der Waals surface area contributed by atoms with E-state index in [1.807, 2.05) is 20.8 Å². The van der Waals surface area contributed by atoms with E-state index in [9.17, 15) is 4.79 Å². The van der Waals surface area contributed by atoms with Gasteiger partial charge in [0.2, 0.25) is 0 Å². The maximum Gasteiger partial charge on any atom is 0.335 e. The van der Waals surface area contributed by atoms with Gasteiger partial charge in [0.25, 0.3) is 0 Å². The molecule has 3 nitrogen and oxygen atoms in total. The molecule has 0 aromatic heterocycles. The smallest absolute Gasteiger partial charge is 0.335 e. The number of ether oxygens (including phenoxy) is 1. The molecule has 0 saturated heterocycles. The van der Waals surface area contributed by atoms with E-state index in [1.54, 1.807) is 6.92 Å². The fraction of sp³-hybridized carbons (Fsp3) is 0.700. The number of esters is 1. The molecular formula is C10H19NO2. The predicted molar refractivity (Wildman–Crippen MR) is 53.3 cm³/mol. The van der Waals surface area contributed by atoms with Gasteiger partial charge in [-0.05, 0) is 27.2 Å². The SMILES string of the molecule is CCNC(CC)=C(C)C(=O)OCC. The first-order valence-corrected chi connectivity index (χ1v) is 4.78. The lowest BCUT2D eigenvalue weighted by atomic mass is 10.2. The average molecular weight is 185 g/mol. The van der Waals surface area contributed by atoms with Gasteiger partial charge in [-0.3, -0.25) is 0 Å². The molecule has 3 heteroatoms. The molecule has 0 aliphatic rings. The molecule has 0 bridgehead atoms. The van der Waals surface area contributed by atoms with Gasteiger partial charge in [-0.1, -0.05) is 6.92 Å². The van der Waals surface area contributed by atoms with Gasteiger partial charge in [0.15, 0.2) is 0 Å². The van der Waals surface area contributed by atoms with Crippen LogP contribution >= 0.6 is 0 Å². The molecule has 0 radical (unpaired) electrons. The molecule has 0 aromatic carbocycles. The summed E-state index contributed by atoms with van der Waals surface area (Å²) in [5.41, 5.74) is 1.66. The number of rotatable bonds is 5. The lowest BCUT2D eigenvalue weighted by Gasteiger charge is -2.10. The first-order valence-electron chi connectivity index (χ1n) is 4.78. The molecule has 0 spiro atoms. The van der Waals surface area contributed by atoms with Crippen LogP contribution in [0.15, 0.2) is 11.3 Å². The summed E-state index contributed by atoms with van der Waals surface area (Å²) < 4.78 is 4.90. The summed E-state index contributed by atoms with van der Waals surface area (Å²) in [7, 11) is 0. The van der Waals surface area contributed by atoms with Gasteiger partial charge < -0.3 is 10.1 Å². The van der Waals surface area contributed by atoms with Gasteiger partial charge in [0, 0.05) is 12.2 Å². The molecule has 0 unspecified atom stereocenters. The molecule has 0 aromatic rings. The van der Waals surface area contributed by atoms with E-state index < -0.39 is 0 Å². The largest absolute Gasteiger partial charge is 0.463 e. The minimum Gasteiger partial charge on any atom is -0.463 e. The number of hydrogen-bond acceptors (Lipinski definition) is 3. The Morgan fingerprint density at radius 2 is 1.92 bits per heavy atom. The number of carbonyl (C=O) groups excluding carboxylic acids is 1. The van der Waals surface area contributed by atoms with E-state index in [2.05, 4.69) is 5.32 Å². The highest BCUT2D eigenvalue weighted by Gasteiger charge is 2.09. The van der Waals surface area contributed by atoms with Crippen molar-refractivity contribution in [2.45, 2.75) is 34.1 Å². The van der Waals surface area contributed by atoms with Gasteiger partial charge in [0.1, 0.15) is 0 Å². The van der Waals surface area contributed by atoms with Gasteiger partial charge in [-0.25, -0.2) is 4.79 Å². The standard InChI is InChI=1S/C10H19NO2/c1-5-9(11-6-2)8(4)10(12)13-7-3/h11H,5-7H2,1-4H3. The lowest BCUT2D eigenvalue weighted by molar-refractivity contribution is -0.138. The molecule has 0 aliphatic heterocycles. The van der Waals surface area contributed by atoms with Crippen LogP contribution in [0.4, 0.5) is 0 Å². The normalized spacial score (nSPS) is 12.0. The van der Waals surface area contributed by atoms with Crippen molar-refractivity contribution in [2.75, 3.05) is 13.2 Å². The van der Waals surface area contributed by atoms with Crippen LogP contribution in [-0.4, -0.2) is 19.1 Å². The zero-order valence-electron chi connectivity index (χ0n) is 8.94. The van der Waals surface area contributed by atoms with E-state index in [0.717, 1.165) is 18.7 Å². The lowest BCUT2D eigenvalue weighted by Crippen LogP contribution is -2.17. The molecule has 0 amide bonds. The van der Waals surface area contributed by atoms with E-state index in [1.165, 1.54) is 0 Å². The highest BCUT2D eigenvalue weighted by molar-refractivity contribution is 5.88. The second-order valence-corrected chi connectivity index (χ2v) is 2.71. The fourth-order valence-electron chi connectivity index (χ4n) is 1.10. The highest BCUT2D eigenvalue weighted by atomic mass is 16.5. The zero-order valence-corrected chi connectivity index (χ0v) is 8.94. The number of hydrogen-bond donors (Lipinski definition) is 1. The predicted octanol–water partition coefficient (Wildman–Crippen LogP) is 1.84. The Morgan fingerprint density at radius 3 is 2.31 bits per heavy atom. The minimum absolute atomic E-state index is 0.222. The molecule has 76 valence electrons. The van der Waals surface area contributed by atoms with Crippen LogP contribution in [0, 0.1) is 0 Å². The maximum atomic E-state index is 11.3. The van der Waals surface area contributed by atoms with Gasteiger partial charge >= 0.3 is 5.97 Å². The van der Waals surface area contributed by atoms with Crippen molar-refractivity contribution < 1.29 is 9.53 Å². The van der Waals surface area contributed by atoms with Crippen molar-refractivity contribution in [2.24, 2.45) is 0 Å². The third-order valence-corrected chi connectivity index (χ3v) is 1.78. The summed E-state index contributed by atoms with van der Waals surface area (Å²) in [6, 6.07) is 0. The van der Waals surface area contributed by atoms with E-state index in [0.29, 0.717) is 12.2 Å². The van der Waals surface area contributed by atoms with E-state index in [4.69, 9.17) is 4.74 Å². The Morgan fingerprint density at radius 1 is 1.31 bits per heavy atom. The van der Waals surface area contributed by atoms with Crippen LogP contribution in [0.25, 0.3) is 0 Å². The van der Waals surface area contributed by atoms with Crippen LogP contribution < -0.4 is 5.32 Å². The molecule has 0 fully saturated rings. The summed E-state index contributed by atoms with van der Waals surface area (Å²) in [6.07, 6.45) is 0.832. The quantitative estimate of drug-likeness (QED) is 0.524. The van der Waals surface area contributed by atoms with Crippen molar-refractivity contribution in [3.8, 4) is 0 Å². The molecular weight excluding hydrogens is 166 g/mol. The van der Waals surface area contributed by atoms with Gasteiger partial charge in [0.05, 0.1) is 12.2 Å². The molecule has 0 rings (SSSR count). The molecule has 0 atom stereocenters. The zero-order chi connectivity index (χ0) is 10.3. The topological polar surface area (TPSA) is 38.3 Å². The maximum absolute atomic E-state index is 11.3. The van der Waals surface area contributed by atoms with Gasteiger partial charge in [-0.2, -0.15) is 0 Å². The molecule has 1 N–H and O–H groups in total. The Hall–Kier alpha value is -0.990. The highest BCUT2D eigenvalue weighted by Crippen LogP contribution is 2.06. The summed E-state index contributed by atoms with van der Waals surface area (Å²) in [4.78, 5) is 11.3.